The molecule has 0 radical (unpaired) electrons. The predicted octanol–water partition coefficient (Wildman–Crippen LogP) is 2.65. The number of nitrogens with one attached hydrogen (secondary N) is 1. The Hall–Kier alpha value is -1.73. The van der Waals surface area contributed by atoms with Gasteiger partial charge in [0.05, 0.1) is 5.75 Å². The second-order valence-electron chi connectivity index (χ2n) is 5.92. The Balaban J connectivity index is 1.34. The van der Waals surface area contributed by atoms with Crippen LogP contribution in [0, 0.1) is 13.8 Å². The van der Waals surface area contributed by atoms with E-state index in [2.05, 4.69) is 26.6 Å². The lowest BCUT2D eigenvalue weighted by Gasteiger charge is -2.28. The van der Waals surface area contributed by atoms with Crippen molar-refractivity contribution in [2.24, 2.45) is 0 Å². The minimum atomic E-state index is 0.196. The van der Waals surface area contributed by atoms with Gasteiger partial charge in [0.25, 0.3) is 0 Å². The first kappa shape index (κ1) is 14.8. The SMILES string of the molecule is Cc1ccc(C(=O)CSC2N3NC(c4ccncc4)N23)c(C)c1. The molecule has 4 rings (SSSR count). The molecule has 23 heavy (non-hydrogen) atoms. The summed E-state index contributed by atoms with van der Waals surface area (Å²) in [5, 5.41) is 4.29. The molecule has 6 heteroatoms. The van der Waals surface area contributed by atoms with Gasteiger partial charge in [0.1, 0.15) is 6.17 Å². The summed E-state index contributed by atoms with van der Waals surface area (Å²) in [7, 11) is 0. The molecule has 5 nitrogen and oxygen atoms in total. The van der Waals surface area contributed by atoms with Crippen molar-refractivity contribution in [3.05, 3.63) is 65.0 Å². The molecule has 0 saturated carbocycles. The lowest BCUT2D eigenvalue weighted by Crippen LogP contribution is -2.44. The van der Waals surface area contributed by atoms with Crippen molar-refractivity contribution < 1.29 is 4.79 Å². The molecule has 1 aromatic heterocycles. The summed E-state index contributed by atoms with van der Waals surface area (Å²) in [6.07, 6.45) is 3.80. The first-order valence-corrected chi connectivity index (χ1v) is 8.65. The number of ketones is 1. The average molecular weight is 326 g/mol. The maximum absolute atomic E-state index is 12.4. The van der Waals surface area contributed by atoms with E-state index in [0.717, 1.165) is 11.1 Å². The highest BCUT2D eigenvalue weighted by Crippen LogP contribution is 2.48. The molecule has 4 atom stereocenters. The summed E-state index contributed by atoms with van der Waals surface area (Å²) < 4.78 is 0. The van der Waals surface area contributed by atoms with Crippen molar-refractivity contribution >= 4 is 17.5 Å². The fourth-order valence-electron chi connectivity index (χ4n) is 2.95. The van der Waals surface area contributed by atoms with Crippen LogP contribution in [0.5, 0.6) is 0 Å². The Bertz CT molecular complexity index is 752. The molecule has 2 fully saturated rings. The molecule has 2 aliphatic rings. The van der Waals surface area contributed by atoms with Gasteiger partial charge in [-0.2, -0.15) is 5.01 Å². The number of hydrazine groups is 2. The Morgan fingerprint density at radius 3 is 2.78 bits per heavy atom. The van der Waals surface area contributed by atoms with E-state index in [-0.39, 0.29) is 17.4 Å². The average Bonchev–Trinajstić information content (AvgIpc) is 3.08. The van der Waals surface area contributed by atoms with Crippen molar-refractivity contribution in [3.8, 4) is 0 Å². The van der Waals surface area contributed by atoms with Gasteiger partial charge in [0, 0.05) is 18.0 Å². The van der Waals surface area contributed by atoms with Crippen LogP contribution in [0.1, 0.15) is 33.2 Å². The van der Waals surface area contributed by atoms with Crippen LogP contribution in [0.15, 0.2) is 42.7 Å². The normalized spacial score (nSPS) is 27.9. The fraction of sp³-hybridized carbons (Fsp3) is 0.294. The summed E-state index contributed by atoms with van der Waals surface area (Å²) in [4.78, 5) is 16.4. The van der Waals surface area contributed by atoms with Gasteiger partial charge in [-0.1, -0.05) is 23.8 Å². The molecule has 4 unspecified atom stereocenters. The van der Waals surface area contributed by atoms with Gasteiger partial charge in [-0.3, -0.25) is 9.78 Å². The van der Waals surface area contributed by atoms with Gasteiger partial charge < -0.3 is 0 Å². The van der Waals surface area contributed by atoms with Crippen LogP contribution >= 0.6 is 11.8 Å². The van der Waals surface area contributed by atoms with E-state index in [1.165, 1.54) is 11.1 Å². The molecule has 3 heterocycles. The first-order valence-electron chi connectivity index (χ1n) is 7.61. The maximum Gasteiger partial charge on any atom is 0.173 e. The van der Waals surface area contributed by atoms with E-state index in [4.69, 9.17) is 0 Å². The topological polar surface area (TPSA) is 48.0 Å². The quantitative estimate of drug-likeness (QED) is 0.673. The standard InChI is InChI=1S/C17H18N4OS/c1-11-3-4-14(12(2)9-11)15(22)10-23-17-20-16(19-21(17)20)13-5-7-18-8-6-13/h3-9,16-17,19H,10H2,1-2H3. The Morgan fingerprint density at radius 1 is 1.26 bits per heavy atom. The summed E-state index contributed by atoms with van der Waals surface area (Å²) >= 11 is 1.66. The fourth-order valence-corrected chi connectivity index (χ4v) is 4.04. The summed E-state index contributed by atoms with van der Waals surface area (Å²) in [6.45, 7) is 4.04. The zero-order valence-corrected chi connectivity index (χ0v) is 13.9. The summed E-state index contributed by atoms with van der Waals surface area (Å²) in [5.41, 5.74) is 7.88. The third-order valence-corrected chi connectivity index (χ3v) is 5.36. The maximum atomic E-state index is 12.4. The largest absolute Gasteiger partial charge is 0.293 e. The first-order chi connectivity index (χ1) is 11.1. The number of rotatable bonds is 5. The number of hydrogen-bond donors (Lipinski definition) is 1. The molecular weight excluding hydrogens is 308 g/mol. The van der Waals surface area contributed by atoms with Gasteiger partial charge in [-0.25, -0.2) is 5.43 Å². The van der Waals surface area contributed by atoms with Crippen LogP contribution in [-0.4, -0.2) is 32.1 Å². The van der Waals surface area contributed by atoms with Crippen molar-refractivity contribution in [3.63, 3.8) is 0 Å². The smallest absolute Gasteiger partial charge is 0.173 e. The third kappa shape index (κ3) is 2.68. The number of nitrogens with zero attached hydrogens (tertiary/aromatic N) is 3. The molecule has 0 spiro atoms. The number of Topliss-reactive ketones (excluding diaryl/α,β-unsaturated/α-hetero) is 1. The molecule has 2 aromatic rings. The zero-order chi connectivity index (χ0) is 16.0. The molecule has 0 bridgehead atoms. The number of pyridine rings is 1. The molecule has 0 amide bonds. The molecule has 2 saturated heterocycles. The van der Waals surface area contributed by atoms with Gasteiger partial charge in [-0.15, -0.1) is 16.9 Å². The molecule has 1 aromatic carbocycles. The molecular formula is C17H18N4OS. The lowest BCUT2D eigenvalue weighted by molar-refractivity contribution is 0.0102. The molecule has 0 aliphatic carbocycles. The van der Waals surface area contributed by atoms with Crippen LogP contribution < -0.4 is 5.43 Å². The van der Waals surface area contributed by atoms with Crippen LogP contribution in [0.4, 0.5) is 0 Å². The number of carbonyl (C=O) groups is 1. The molecule has 1 N–H and O–H groups in total. The number of carbonyl (C=O) groups excluding carboxylic acids is 1. The van der Waals surface area contributed by atoms with E-state index >= 15 is 0 Å². The highest BCUT2D eigenvalue weighted by molar-refractivity contribution is 8.00. The van der Waals surface area contributed by atoms with Crippen LogP contribution in [0.25, 0.3) is 0 Å². The van der Waals surface area contributed by atoms with Crippen LogP contribution in [0.3, 0.4) is 0 Å². The van der Waals surface area contributed by atoms with Gasteiger partial charge >= 0.3 is 0 Å². The number of aryl methyl sites for hydroxylation is 2. The van der Waals surface area contributed by atoms with E-state index in [9.17, 15) is 4.79 Å². The zero-order valence-electron chi connectivity index (χ0n) is 13.1. The lowest BCUT2D eigenvalue weighted by atomic mass is 10.0. The third-order valence-electron chi connectivity index (χ3n) is 4.22. The van der Waals surface area contributed by atoms with Crippen molar-refractivity contribution in [2.75, 3.05) is 5.75 Å². The Morgan fingerprint density at radius 2 is 2.04 bits per heavy atom. The van der Waals surface area contributed by atoms with Crippen molar-refractivity contribution in [1.82, 2.24) is 20.5 Å². The second-order valence-corrected chi connectivity index (χ2v) is 6.96. The summed E-state index contributed by atoms with van der Waals surface area (Å²) in [6, 6.07) is 10.0. The molecule has 118 valence electrons. The number of aromatic nitrogens is 1. The van der Waals surface area contributed by atoms with Crippen LogP contribution in [-0.2, 0) is 0 Å². The number of thioether (sulfide) groups is 1. The van der Waals surface area contributed by atoms with E-state index < -0.39 is 0 Å². The minimum Gasteiger partial charge on any atom is -0.293 e. The Kier molecular flexibility index (Phi) is 3.69. The van der Waals surface area contributed by atoms with Gasteiger partial charge in [0.15, 0.2) is 11.3 Å². The Labute approximate surface area is 139 Å². The van der Waals surface area contributed by atoms with Crippen molar-refractivity contribution in [2.45, 2.75) is 25.5 Å². The number of hydrogen-bond acceptors (Lipinski definition) is 6. The van der Waals surface area contributed by atoms with Gasteiger partial charge in [0.2, 0.25) is 0 Å². The monoisotopic (exact) mass is 326 g/mol. The van der Waals surface area contributed by atoms with E-state index in [0.29, 0.717) is 5.75 Å². The van der Waals surface area contributed by atoms with E-state index in [1.807, 2.05) is 38.1 Å². The number of benzene rings is 1. The van der Waals surface area contributed by atoms with E-state index in [1.54, 1.807) is 24.2 Å². The summed E-state index contributed by atoms with van der Waals surface area (Å²) in [5.74, 6) is 0.688. The van der Waals surface area contributed by atoms with Crippen molar-refractivity contribution in [1.29, 1.82) is 0 Å². The number of fused-ring (bicyclic) bond motifs is 1. The highest BCUT2D eigenvalue weighted by Gasteiger charge is 2.60. The second kappa shape index (κ2) is 5.72. The minimum absolute atomic E-state index is 0.196. The highest BCUT2D eigenvalue weighted by atomic mass is 32.2. The van der Waals surface area contributed by atoms with Crippen LogP contribution in [0.2, 0.25) is 0 Å². The predicted molar refractivity (Wildman–Crippen MR) is 90.3 cm³/mol. The van der Waals surface area contributed by atoms with Gasteiger partial charge in [-0.05, 0) is 37.1 Å². The molecule has 2 aliphatic heterocycles.